The first-order valence-corrected chi connectivity index (χ1v) is 6.24. The molecule has 3 nitrogen and oxygen atoms in total. The van der Waals surface area contributed by atoms with Crippen molar-refractivity contribution in [1.29, 1.82) is 0 Å². The average molecular weight is 302 g/mol. The second-order valence-corrected chi connectivity index (χ2v) is 5.33. The van der Waals surface area contributed by atoms with Gasteiger partial charge in [0, 0.05) is 43.3 Å². The number of hydrogen-bond donors (Lipinski definition) is 1. The molecule has 1 N–H and O–H groups in total. The molecule has 1 aromatic rings. The van der Waals surface area contributed by atoms with Gasteiger partial charge in [-0.2, -0.15) is 13.2 Å². The Balaban J connectivity index is 0.00000162. The summed E-state index contributed by atoms with van der Waals surface area (Å²) < 4.78 is 37.1. The van der Waals surface area contributed by atoms with E-state index in [9.17, 15) is 13.2 Å². The molecule has 2 heterocycles. The molecule has 1 saturated heterocycles. The van der Waals surface area contributed by atoms with Gasteiger partial charge >= 0.3 is 6.18 Å². The van der Waals surface area contributed by atoms with E-state index in [4.69, 9.17) is 0 Å². The van der Waals surface area contributed by atoms with E-state index < -0.39 is 11.2 Å². The summed E-state index contributed by atoms with van der Waals surface area (Å²) in [6.45, 7) is 5.23. The predicted molar refractivity (Wildman–Crippen MR) is 67.1 cm³/mol. The van der Waals surface area contributed by atoms with Crippen LogP contribution < -0.4 is 5.32 Å². The van der Waals surface area contributed by atoms with Crippen LogP contribution in [0.5, 0.6) is 0 Å². The molecule has 1 aliphatic rings. The van der Waals surface area contributed by atoms with E-state index in [0.717, 1.165) is 31.0 Å². The minimum absolute atomic E-state index is 0. The summed E-state index contributed by atoms with van der Waals surface area (Å²) in [7, 11) is 0. The molecule has 1 unspecified atom stereocenters. The van der Waals surface area contributed by atoms with Gasteiger partial charge in [0.1, 0.15) is 0 Å². The van der Waals surface area contributed by atoms with Gasteiger partial charge in [-0.05, 0) is 6.92 Å². The number of alkyl halides is 3. The Morgan fingerprint density at radius 1 is 1.56 bits per heavy atom. The van der Waals surface area contributed by atoms with Gasteiger partial charge in [0.05, 0.1) is 0 Å². The summed E-state index contributed by atoms with van der Waals surface area (Å²) in [4.78, 5) is 6.24. The molecule has 0 spiro atoms. The first-order valence-electron chi connectivity index (χ1n) is 5.43. The molecule has 18 heavy (non-hydrogen) atoms. The zero-order valence-corrected chi connectivity index (χ0v) is 11.5. The third-order valence-corrected chi connectivity index (χ3v) is 3.66. The van der Waals surface area contributed by atoms with Crippen molar-refractivity contribution in [3.05, 3.63) is 16.1 Å². The van der Waals surface area contributed by atoms with Gasteiger partial charge in [0.15, 0.2) is 5.01 Å². The summed E-state index contributed by atoms with van der Waals surface area (Å²) in [6.07, 6.45) is -2.99. The molecule has 1 aliphatic heterocycles. The average Bonchev–Trinajstić information content (AvgIpc) is 2.65. The predicted octanol–water partition coefficient (Wildman–Crippen LogP) is 2.38. The highest BCUT2D eigenvalue weighted by Gasteiger charge is 2.34. The molecule has 0 aromatic carbocycles. The quantitative estimate of drug-likeness (QED) is 0.909. The summed E-state index contributed by atoms with van der Waals surface area (Å²) in [6, 6.07) is 0.388. The van der Waals surface area contributed by atoms with Crippen molar-refractivity contribution in [1.82, 2.24) is 15.2 Å². The fraction of sp³-hybridized carbons (Fsp3) is 0.700. The molecule has 0 radical (unpaired) electrons. The molecule has 0 aliphatic carbocycles. The van der Waals surface area contributed by atoms with Gasteiger partial charge in [-0.3, -0.25) is 4.90 Å². The van der Waals surface area contributed by atoms with Crippen LogP contribution in [0.25, 0.3) is 0 Å². The third kappa shape index (κ3) is 4.08. The minimum atomic E-state index is -4.32. The first kappa shape index (κ1) is 15.7. The van der Waals surface area contributed by atoms with Crippen molar-refractivity contribution in [2.24, 2.45) is 0 Å². The van der Waals surface area contributed by atoms with Crippen molar-refractivity contribution in [3.8, 4) is 0 Å². The molecule has 0 bridgehead atoms. The van der Waals surface area contributed by atoms with E-state index in [1.165, 1.54) is 6.20 Å². The fourth-order valence-electron chi connectivity index (χ4n) is 1.89. The molecule has 0 saturated carbocycles. The lowest BCUT2D eigenvalue weighted by Crippen LogP contribution is -2.48. The number of nitrogens with zero attached hydrogens (tertiary/aromatic N) is 2. The maximum absolute atomic E-state index is 12.4. The summed E-state index contributed by atoms with van der Waals surface area (Å²) >= 11 is 0.737. The number of rotatable bonds is 2. The van der Waals surface area contributed by atoms with Crippen LogP contribution in [0.1, 0.15) is 16.8 Å². The van der Waals surface area contributed by atoms with Crippen molar-refractivity contribution in [3.63, 3.8) is 0 Å². The first-order chi connectivity index (χ1) is 7.95. The molecular weight excluding hydrogens is 287 g/mol. The number of thiazole rings is 1. The zero-order valence-electron chi connectivity index (χ0n) is 9.83. The summed E-state index contributed by atoms with van der Waals surface area (Å²) in [5, 5.41) is 2.54. The fourth-order valence-corrected chi connectivity index (χ4v) is 2.71. The van der Waals surface area contributed by atoms with Crippen molar-refractivity contribution in [2.75, 3.05) is 19.6 Å². The van der Waals surface area contributed by atoms with E-state index in [1.807, 2.05) is 0 Å². The topological polar surface area (TPSA) is 28.2 Å². The molecule has 1 aromatic heterocycles. The van der Waals surface area contributed by atoms with Crippen LogP contribution in [0, 0.1) is 0 Å². The number of halogens is 4. The molecule has 8 heteroatoms. The number of piperazine rings is 1. The summed E-state index contributed by atoms with van der Waals surface area (Å²) in [5.41, 5.74) is 0. The third-order valence-electron chi connectivity index (χ3n) is 2.63. The number of nitrogens with one attached hydrogen (secondary N) is 1. The molecular formula is C10H15ClF3N3S. The Kier molecular flexibility index (Phi) is 5.39. The standard InChI is InChI=1S/C10H14F3N3S.ClH/c1-7-5-16(3-2-14-7)6-8-4-15-9(17-8)10(11,12)13;/h4,7,14H,2-3,5-6H2,1H3;1H. The largest absolute Gasteiger partial charge is 0.443 e. The number of hydrogen-bond acceptors (Lipinski definition) is 4. The molecule has 1 atom stereocenters. The van der Waals surface area contributed by atoms with E-state index in [0.29, 0.717) is 17.5 Å². The van der Waals surface area contributed by atoms with Gasteiger partial charge < -0.3 is 5.32 Å². The van der Waals surface area contributed by atoms with E-state index in [2.05, 4.69) is 22.1 Å². The van der Waals surface area contributed by atoms with Crippen LogP contribution in [0.4, 0.5) is 13.2 Å². The van der Waals surface area contributed by atoms with Crippen LogP contribution >= 0.6 is 23.7 Å². The lowest BCUT2D eigenvalue weighted by molar-refractivity contribution is -0.137. The maximum atomic E-state index is 12.4. The van der Waals surface area contributed by atoms with Crippen LogP contribution in [0.15, 0.2) is 6.20 Å². The monoisotopic (exact) mass is 301 g/mol. The van der Waals surface area contributed by atoms with E-state index in [1.54, 1.807) is 0 Å². The second-order valence-electron chi connectivity index (χ2n) is 4.22. The Morgan fingerprint density at radius 2 is 2.28 bits per heavy atom. The highest BCUT2D eigenvalue weighted by molar-refractivity contribution is 7.11. The van der Waals surface area contributed by atoms with Gasteiger partial charge in [-0.25, -0.2) is 4.98 Å². The smallest absolute Gasteiger partial charge is 0.312 e. The minimum Gasteiger partial charge on any atom is -0.312 e. The van der Waals surface area contributed by atoms with Gasteiger partial charge in [-0.1, -0.05) is 0 Å². The maximum Gasteiger partial charge on any atom is 0.443 e. The number of aromatic nitrogens is 1. The van der Waals surface area contributed by atoms with Crippen LogP contribution in [-0.2, 0) is 12.7 Å². The highest BCUT2D eigenvalue weighted by atomic mass is 35.5. The second kappa shape index (κ2) is 6.18. The normalized spacial score (nSPS) is 21.7. The zero-order chi connectivity index (χ0) is 12.5. The van der Waals surface area contributed by atoms with Crippen LogP contribution in [0.3, 0.4) is 0 Å². The molecule has 104 valence electrons. The van der Waals surface area contributed by atoms with Crippen LogP contribution in [0.2, 0.25) is 0 Å². The van der Waals surface area contributed by atoms with Crippen molar-refractivity contribution in [2.45, 2.75) is 25.7 Å². The van der Waals surface area contributed by atoms with Crippen LogP contribution in [-0.4, -0.2) is 35.6 Å². The van der Waals surface area contributed by atoms with Crippen molar-refractivity contribution >= 4 is 23.7 Å². The van der Waals surface area contributed by atoms with Gasteiger partial charge in [0.2, 0.25) is 0 Å². The SMILES string of the molecule is CC1CN(Cc2cnc(C(F)(F)F)s2)CCN1.Cl. The Morgan fingerprint density at radius 3 is 2.83 bits per heavy atom. The van der Waals surface area contributed by atoms with Crippen molar-refractivity contribution < 1.29 is 13.2 Å². The highest BCUT2D eigenvalue weighted by Crippen LogP contribution is 2.32. The lowest BCUT2D eigenvalue weighted by Gasteiger charge is -2.31. The van der Waals surface area contributed by atoms with E-state index >= 15 is 0 Å². The Bertz CT molecular complexity index is 383. The Hall–Kier alpha value is -0.370. The van der Waals surface area contributed by atoms with Gasteiger partial charge in [-0.15, -0.1) is 23.7 Å². The summed E-state index contributed by atoms with van der Waals surface area (Å²) in [5.74, 6) is 0. The van der Waals surface area contributed by atoms with Gasteiger partial charge in [0.25, 0.3) is 0 Å². The molecule has 1 fully saturated rings. The Labute approximate surface area is 114 Å². The lowest BCUT2D eigenvalue weighted by atomic mass is 10.2. The molecule has 0 amide bonds. The molecule has 2 rings (SSSR count). The van der Waals surface area contributed by atoms with E-state index in [-0.39, 0.29) is 12.4 Å².